The van der Waals surface area contributed by atoms with Crippen molar-refractivity contribution in [3.63, 3.8) is 0 Å². The zero-order valence-electron chi connectivity index (χ0n) is 11.5. The summed E-state index contributed by atoms with van der Waals surface area (Å²) < 4.78 is 39.7. The van der Waals surface area contributed by atoms with Crippen LogP contribution >= 0.6 is 0 Å². The number of nitrogens with zero attached hydrogens (tertiary/aromatic N) is 1. The molecule has 1 saturated carbocycles. The highest BCUT2D eigenvalue weighted by atomic mass is 32.2. The van der Waals surface area contributed by atoms with Gasteiger partial charge in [0, 0.05) is 19.1 Å². The van der Waals surface area contributed by atoms with Gasteiger partial charge < -0.3 is 10.0 Å². The number of nitrogens with one attached hydrogen (secondary N) is 1. The van der Waals surface area contributed by atoms with Gasteiger partial charge in [0.2, 0.25) is 10.0 Å². The molecule has 0 radical (unpaired) electrons. The molecule has 2 rings (SSSR count). The van der Waals surface area contributed by atoms with Gasteiger partial charge in [-0.25, -0.2) is 22.3 Å². The number of halogens is 1. The molecule has 0 aliphatic heterocycles. The molecule has 1 aliphatic rings. The van der Waals surface area contributed by atoms with E-state index in [4.69, 9.17) is 5.11 Å². The van der Waals surface area contributed by atoms with Crippen LogP contribution in [0.5, 0.6) is 0 Å². The van der Waals surface area contributed by atoms with Crippen molar-refractivity contribution in [2.45, 2.75) is 23.8 Å². The van der Waals surface area contributed by atoms with Crippen LogP contribution in [0, 0.1) is 5.82 Å². The van der Waals surface area contributed by atoms with Crippen molar-refractivity contribution < 1.29 is 22.7 Å². The Morgan fingerprint density at radius 3 is 2.71 bits per heavy atom. The maximum Gasteiger partial charge on any atom is 0.338 e. The van der Waals surface area contributed by atoms with Gasteiger partial charge in [0.1, 0.15) is 5.82 Å². The molecule has 0 amide bonds. The Balaban J connectivity index is 2.04. The zero-order valence-corrected chi connectivity index (χ0v) is 12.4. The summed E-state index contributed by atoms with van der Waals surface area (Å²) in [5.74, 6) is -2.46. The summed E-state index contributed by atoms with van der Waals surface area (Å²) in [6, 6.07) is 3.24. The van der Waals surface area contributed by atoms with Gasteiger partial charge in [-0.15, -0.1) is 0 Å². The number of rotatable bonds is 7. The third kappa shape index (κ3) is 3.99. The normalized spacial score (nSPS) is 15.4. The minimum Gasteiger partial charge on any atom is -0.478 e. The van der Waals surface area contributed by atoms with Gasteiger partial charge >= 0.3 is 5.97 Å². The minimum absolute atomic E-state index is 0.217. The molecule has 116 valence electrons. The van der Waals surface area contributed by atoms with Crippen LogP contribution in [0.3, 0.4) is 0 Å². The number of carbonyl (C=O) groups is 1. The number of carboxylic acid groups (broad SMARTS) is 1. The molecule has 1 aromatic carbocycles. The van der Waals surface area contributed by atoms with Gasteiger partial charge in [0.25, 0.3) is 0 Å². The van der Waals surface area contributed by atoms with Gasteiger partial charge in [0.05, 0.1) is 10.5 Å². The lowest BCUT2D eigenvalue weighted by molar-refractivity contribution is 0.0691. The molecule has 6 nitrogen and oxygen atoms in total. The molecule has 0 unspecified atom stereocenters. The number of sulfonamides is 1. The smallest absolute Gasteiger partial charge is 0.338 e. The molecule has 0 spiro atoms. The van der Waals surface area contributed by atoms with E-state index in [1.807, 2.05) is 7.05 Å². The van der Waals surface area contributed by atoms with Gasteiger partial charge in [-0.3, -0.25) is 0 Å². The maximum atomic E-state index is 13.3. The van der Waals surface area contributed by atoms with Crippen molar-refractivity contribution in [2.75, 3.05) is 20.1 Å². The lowest BCUT2D eigenvalue weighted by atomic mass is 10.2. The van der Waals surface area contributed by atoms with Gasteiger partial charge in [0.15, 0.2) is 0 Å². The van der Waals surface area contributed by atoms with E-state index in [1.165, 1.54) is 0 Å². The summed E-state index contributed by atoms with van der Waals surface area (Å²) >= 11 is 0. The third-order valence-electron chi connectivity index (χ3n) is 3.41. The zero-order chi connectivity index (χ0) is 15.6. The summed E-state index contributed by atoms with van der Waals surface area (Å²) in [6.45, 7) is 0.784. The standard InChI is InChI=1S/C13H17FN2O4S/c1-16(9-2-3-9)7-6-15-21(19,20)10-4-5-12(14)11(8-10)13(17)18/h4-5,8-9,15H,2-3,6-7H2,1H3,(H,17,18). The van der Waals surface area contributed by atoms with Crippen molar-refractivity contribution in [1.29, 1.82) is 0 Å². The monoisotopic (exact) mass is 316 g/mol. The Kier molecular flexibility index (Phi) is 4.60. The van der Waals surface area contributed by atoms with E-state index in [1.54, 1.807) is 0 Å². The van der Waals surface area contributed by atoms with Crippen LogP contribution in [-0.4, -0.2) is 50.6 Å². The highest BCUT2D eigenvalue weighted by Gasteiger charge is 2.26. The number of carboxylic acids is 1. The van der Waals surface area contributed by atoms with E-state index in [0.717, 1.165) is 31.0 Å². The summed E-state index contributed by atoms with van der Waals surface area (Å²) in [7, 11) is -1.92. The molecule has 0 saturated heterocycles. The number of hydrogen-bond donors (Lipinski definition) is 2. The van der Waals surface area contributed by atoms with E-state index >= 15 is 0 Å². The van der Waals surface area contributed by atoms with Crippen molar-refractivity contribution in [2.24, 2.45) is 0 Å². The molecule has 8 heteroatoms. The van der Waals surface area contributed by atoms with E-state index in [-0.39, 0.29) is 11.4 Å². The topological polar surface area (TPSA) is 86.7 Å². The molecule has 0 aromatic heterocycles. The summed E-state index contributed by atoms with van der Waals surface area (Å²) in [6.07, 6.45) is 2.26. The van der Waals surface area contributed by atoms with Crippen LogP contribution in [0.15, 0.2) is 23.1 Å². The van der Waals surface area contributed by atoms with E-state index in [9.17, 15) is 17.6 Å². The Hall–Kier alpha value is -1.51. The van der Waals surface area contributed by atoms with Crippen molar-refractivity contribution in [3.05, 3.63) is 29.6 Å². The second-order valence-electron chi connectivity index (χ2n) is 5.06. The van der Waals surface area contributed by atoms with Crippen molar-refractivity contribution in [1.82, 2.24) is 9.62 Å². The number of aromatic carboxylic acids is 1. The maximum absolute atomic E-state index is 13.3. The minimum atomic E-state index is -3.84. The van der Waals surface area contributed by atoms with E-state index in [2.05, 4.69) is 9.62 Å². The first-order valence-corrected chi connectivity index (χ1v) is 8.02. The first-order valence-electron chi connectivity index (χ1n) is 6.54. The Bertz CT molecular complexity index is 644. The van der Waals surface area contributed by atoms with Crippen LogP contribution in [0.25, 0.3) is 0 Å². The predicted molar refractivity (Wildman–Crippen MR) is 74.2 cm³/mol. The first-order chi connectivity index (χ1) is 9.81. The van der Waals surface area contributed by atoms with Gasteiger partial charge in [-0.2, -0.15) is 0 Å². The fourth-order valence-electron chi connectivity index (χ4n) is 1.97. The molecule has 0 heterocycles. The fourth-order valence-corrected chi connectivity index (χ4v) is 3.02. The SMILES string of the molecule is CN(CCNS(=O)(=O)c1ccc(F)c(C(=O)O)c1)C1CC1. The Morgan fingerprint density at radius 1 is 1.48 bits per heavy atom. The number of benzene rings is 1. The quantitative estimate of drug-likeness (QED) is 0.780. The Labute approximate surface area is 122 Å². The van der Waals surface area contributed by atoms with Crippen LogP contribution < -0.4 is 4.72 Å². The molecule has 1 aromatic rings. The number of hydrogen-bond acceptors (Lipinski definition) is 4. The fraction of sp³-hybridized carbons (Fsp3) is 0.462. The molecule has 21 heavy (non-hydrogen) atoms. The second-order valence-corrected chi connectivity index (χ2v) is 6.82. The van der Waals surface area contributed by atoms with E-state index < -0.39 is 27.4 Å². The molecule has 1 aliphatic carbocycles. The molecular weight excluding hydrogens is 299 g/mol. The predicted octanol–water partition coefficient (Wildman–Crippen LogP) is 0.896. The van der Waals surface area contributed by atoms with Crippen LogP contribution in [0.2, 0.25) is 0 Å². The van der Waals surface area contributed by atoms with Gasteiger partial charge in [-0.05, 0) is 38.1 Å². The average molecular weight is 316 g/mol. The number of likely N-dealkylation sites (N-methyl/N-ethyl adjacent to an activating group) is 1. The Morgan fingerprint density at radius 2 is 2.14 bits per heavy atom. The summed E-state index contributed by atoms with van der Waals surface area (Å²) in [5.41, 5.74) is -0.659. The van der Waals surface area contributed by atoms with Crippen molar-refractivity contribution >= 4 is 16.0 Å². The highest BCUT2D eigenvalue weighted by Crippen LogP contribution is 2.24. The molecule has 1 fully saturated rings. The second kappa shape index (κ2) is 6.08. The van der Waals surface area contributed by atoms with Crippen LogP contribution in [0.1, 0.15) is 23.2 Å². The molecule has 0 bridgehead atoms. The van der Waals surface area contributed by atoms with Crippen LogP contribution in [0.4, 0.5) is 4.39 Å². The first kappa shape index (κ1) is 15.9. The molecule has 0 atom stereocenters. The van der Waals surface area contributed by atoms with Crippen molar-refractivity contribution in [3.8, 4) is 0 Å². The van der Waals surface area contributed by atoms with Gasteiger partial charge in [-0.1, -0.05) is 0 Å². The highest BCUT2D eigenvalue weighted by molar-refractivity contribution is 7.89. The lowest BCUT2D eigenvalue weighted by Gasteiger charge is -2.15. The largest absolute Gasteiger partial charge is 0.478 e. The molecular formula is C13H17FN2O4S. The third-order valence-corrected chi connectivity index (χ3v) is 4.86. The summed E-state index contributed by atoms with van der Waals surface area (Å²) in [4.78, 5) is 12.6. The van der Waals surface area contributed by atoms with E-state index in [0.29, 0.717) is 12.6 Å². The average Bonchev–Trinajstić information content (AvgIpc) is 3.22. The van der Waals surface area contributed by atoms with Crippen LogP contribution in [-0.2, 0) is 10.0 Å². The lowest BCUT2D eigenvalue weighted by Crippen LogP contribution is -2.34. The molecule has 2 N–H and O–H groups in total. The summed E-state index contributed by atoms with van der Waals surface area (Å²) in [5, 5.41) is 8.81.